The summed E-state index contributed by atoms with van der Waals surface area (Å²) in [5.41, 5.74) is 11.3. The molecule has 2 aliphatic rings. The zero-order valence-electron chi connectivity index (χ0n) is 19.3. The number of amides is 4. The van der Waals surface area contributed by atoms with Crippen molar-refractivity contribution in [1.82, 2.24) is 25.7 Å². The van der Waals surface area contributed by atoms with E-state index >= 15 is 0 Å². The van der Waals surface area contributed by atoms with Crippen LogP contribution in [0.2, 0.25) is 0 Å². The zero-order chi connectivity index (χ0) is 26.7. The quantitative estimate of drug-likeness (QED) is 0.127. The Bertz CT molecular complexity index is 1290. The van der Waals surface area contributed by atoms with Gasteiger partial charge in [-0.3, -0.25) is 14.5 Å². The van der Waals surface area contributed by atoms with Crippen molar-refractivity contribution in [3.8, 4) is 0 Å². The number of β-lactam (4-membered cyclic amide) rings is 1. The summed E-state index contributed by atoms with van der Waals surface area (Å²) in [4.78, 5) is 54.9. The highest BCUT2D eigenvalue weighted by Gasteiger charge is 2.54. The summed E-state index contributed by atoms with van der Waals surface area (Å²) < 4.78 is 5.31. The second-order valence-electron chi connectivity index (χ2n) is 7.86. The number of aliphatic imine (C=N–C) groups is 1. The molecular formula is C21H22N8O6S2. The molecule has 2 aliphatic heterocycles. The van der Waals surface area contributed by atoms with E-state index in [1.165, 1.54) is 23.5 Å². The van der Waals surface area contributed by atoms with Crippen LogP contribution < -0.4 is 22.1 Å². The summed E-state index contributed by atoms with van der Waals surface area (Å²) in [7, 11) is 0. The molecule has 1 aromatic carbocycles. The van der Waals surface area contributed by atoms with Gasteiger partial charge in [-0.05, 0) is 11.1 Å². The van der Waals surface area contributed by atoms with Gasteiger partial charge >= 0.3 is 12.0 Å². The molecule has 2 unspecified atom stereocenters. The summed E-state index contributed by atoms with van der Waals surface area (Å²) in [6, 6.07) is 5.18. The smallest absolute Gasteiger partial charge is 0.352 e. The minimum absolute atomic E-state index is 0.136. The van der Waals surface area contributed by atoms with Gasteiger partial charge in [0.05, 0.1) is 0 Å². The molecule has 0 radical (unpaired) electrons. The van der Waals surface area contributed by atoms with Crippen molar-refractivity contribution in [3.05, 3.63) is 53.1 Å². The zero-order valence-corrected chi connectivity index (χ0v) is 20.9. The Labute approximate surface area is 218 Å². The van der Waals surface area contributed by atoms with Gasteiger partial charge in [-0.1, -0.05) is 42.1 Å². The van der Waals surface area contributed by atoms with E-state index in [1.807, 2.05) is 0 Å². The van der Waals surface area contributed by atoms with Crippen molar-refractivity contribution in [2.45, 2.75) is 29.6 Å². The lowest BCUT2D eigenvalue weighted by molar-refractivity contribution is -0.150. The fraction of sp³-hybridized carbons (Fsp3) is 0.286. The van der Waals surface area contributed by atoms with E-state index < -0.39 is 47.2 Å². The Balaban J connectivity index is 1.49. The predicted molar refractivity (Wildman–Crippen MR) is 133 cm³/mol. The van der Waals surface area contributed by atoms with Crippen LogP contribution in [0.15, 0.2) is 56.2 Å². The van der Waals surface area contributed by atoms with Gasteiger partial charge in [-0.25, -0.2) is 9.59 Å². The first-order valence-corrected chi connectivity index (χ1v) is 12.8. The number of benzene rings is 1. The maximum Gasteiger partial charge on any atom is 0.352 e. The van der Waals surface area contributed by atoms with Gasteiger partial charge in [0, 0.05) is 18.4 Å². The summed E-state index contributed by atoms with van der Waals surface area (Å²) in [6.45, 7) is 1.64. The van der Waals surface area contributed by atoms with E-state index in [1.54, 1.807) is 37.3 Å². The minimum Gasteiger partial charge on any atom is -0.477 e. The molecule has 2 aromatic rings. The number of aromatic nitrogens is 2. The Morgan fingerprint density at radius 3 is 2.65 bits per heavy atom. The number of carboxylic acid groups (broad SMARTS) is 1. The number of carbonyl (C=O) groups excluding carboxylic acids is 3. The molecule has 1 fully saturated rings. The molecule has 4 amide bonds. The Kier molecular flexibility index (Phi) is 7.68. The number of hydrogen-bond acceptors (Lipinski definition) is 9. The molecule has 3 atom stereocenters. The highest BCUT2D eigenvalue weighted by molar-refractivity contribution is 8.01. The number of hydrogen-bond donors (Lipinski definition) is 5. The van der Waals surface area contributed by atoms with Crippen LogP contribution in [0.25, 0.3) is 0 Å². The van der Waals surface area contributed by atoms with Crippen molar-refractivity contribution < 1.29 is 28.7 Å². The maximum atomic E-state index is 13.2. The normalized spacial score (nSPS) is 19.4. The number of nitrogens with one attached hydrogen (secondary N) is 2. The van der Waals surface area contributed by atoms with E-state index in [9.17, 15) is 24.3 Å². The minimum atomic E-state index is -1.26. The van der Waals surface area contributed by atoms with Crippen molar-refractivity contribution in [1.29, 1.82) is 0 Å². The van der Waals surface area contributed by atoms with Crippen molar-refractivity contribution in [2.24, 2.45) is 16.5 Å². The molecule has 1 aromatic heterocycles. The summed E-state index contributed by atoms with van der Waals surface area (Å²) in [5.74, 6) is -2.08. The van der Waals surface area contributed by atoms with Gasteiger partial charge in [-0.15, -0.1) is 22.0 Å². The largest absolute Gasteiger partial charge is 0.477 e. The highest BCUT2D eigenvalue weighted by atomic mass is 32.2. The van der Waals surface area contributed by atoms with E-state index in [0.29, 0.717) is 22.8 Å². The van der Waals surface area contributed by atoms with Crippen LogP contribution in [0, 0.1) is 6.92 Å². The number of urea groups is 1. The number of nitrogens with two attached hydrogens (primary N) is 2. The fourth-order valence-corrected chi connectivity index (χ4v) is 6.03. The van der Waals surface area contributed by atoms with Gasteiger partial charge in [0.1, 0.15) is 23.2 Å². The molecule has 194 valence electrons. The van der Waals surface area contributed by atoms with E-state index in [2.05, 4.69) is 25.8 Å². The molecule has 3 heterocycles. The van der Waals surface area contributed by atoms with Crippen LogP contribution in [0.4, 0.5) is 4.79 Å². The van der Waals surface area contributed by atoms with Crippen molar-refractivity contribution in [2.75, 3.05) is 11.5 Å². The van der Waals surface area contributed by atoms with Gasteiger partial charge in [0.2, 0.25) is 11.8 Å². The number of aliphatic carboxylic acids is 1. The highest BCUT2D eigenvalue weighted by Crippen LogP contribution is 2.41. The van der Waals surface area contributed by atoms with E-state index in [0.717, 1.165) is 4.90 Å². The molecule has 7 N–H and O–H groups in total. The fourth-order valence-electron chi connectivity index (χ4n) is 3.74. The first kappa shape index (κ1) is 26.0. The molecule has 0 aliphatic carbocycles. The molecule has 37 heavy (non-hydrogen) atoms. The Morgan fingerprint density at radius 1 is 1.30 bits per heavy atom. The second kappa shape index (κ2) is 10.9. The summed E-state index contributed by atoms with van der Waals surface area (Å²) in [5, 5.41) is 22.1. The lowest BCUT2D eigenvalue weighted by Crippen LogP contribution is -2.71. The molecular weight excluding hydrogens is 524 g/mol. The average molecular weight is 547 g/mol. The topological polar surface area (TPSA) is 219 Å². The first-order chi connectivity index (χ1) is 17.7. The lowest BCUT2D eigenvalue weighted by atomic mass is 10.0. The molecule has 1 saturated heterocycles. The van der Waals surface area contributed by atoms with Crippen LogP contribution in [-0.4, -0.2) is 72.9 Å². The maximum absolute atomic E-state index is 13.2. The van der Waals surface area contributed by atoms with Crippen LogP contribution in [0.5, 0.6) is 0 Å². The predicted octanol–water partition coefficient (Wildman–Crippen LogP) is -0.0670. The number of carbonyl (C=O) groups is 4. The molecule has 4 rings (SSSR count). The number of aryl methyl sites for hydroxylation is 1. The number of carboxylic acids is 1. The first-order valence-electron chi connectivity index (χ1n) is 10.7. The van der Waals surface area contributed by atoms with E-state index in [-0.39, 0.29) is 16.7 Å². The van der Waals surface area contributed by atoms with Crippen molar-refractivity contribution >= 4 is 53.3 Å². The number of fused-ring (bicyclic) bond motifs is 1. The van der Waals surface area contributed by atoms with Crippen LogP contribution in [0.3, 0.4) is 0 Å². The van der Waals surface area contributed by atoms with Crippen LogP contribution in [-0.2, 0) is 14.4 Å². The molecule has 0 saturated carbocycles. The third-order valence-corrected chi connectivity index (χ3v) is 7.56. The third kappa shape index (κ3) is 5.69. The molecule has 0 spiro atoms. The molecule has 16 heteroatoms. The lowest BCUT2D eigenvalue weighted by Gasteiger charge is -2.49. The van der Waals surface area contributed by atoms with Crippen molar-refractivity contribution in [3.63, 3.8) is 0 Å². The van der Waals surface area contributed by atoms with E-state index in [4.69, 9.17) is 15.9 Å². The summed E-state index contributed by atoms with van der Waals surface area (Å²) >= 11 is 2.48. The number of rotatable bonds is 8. The van der Waals surface area contributed by atoms with Gasteiger partial charge in [0.15, 0.2) is 5.96 Å². The third-order valence-electron chi connectivity index (χ3n) is 5.32. The standard InChI is InChI=1S/C21H22N8O6S2/c1-9-27-28-21(35-9)37-8-11-7-36-17-13(16(31)29(17)14(11)18(32)33)24-15(30)12(10-5-3-2-4-6-10)25-20(34)26-19(22)23/h2-6,12-13,17H,7-8H2,1H3,(H,24,30)(H,32,33)(H5,22,23,25,26,34)/t12?,13?,17-/m0/s1. The number of guanidine groups is 1. The second-order valence-corrected chi connectivity index (χ2v) is 9.89. The Morgan fingerprint density at radius 2 is 2.03 bits per heavy atom. The monoisotopic (exact) mass is 546 g/mol. The number of nitrogens with zero attached hydrogens (tertiary/aromatic N) is 4. The average Bonchev–Trinajstić information content (AvgIpc) is 3.28. The van der Waals surface area contributed by atoms with Gasteiger partial charge < -0.3 is 31.6 Å². The van der Waals surface area contributed by atoms with Crippen LogP contribution in [0.1, 0.15) is 17.5 Å². The molecule has 0 bridgehead atoms. The number of thioether (sulfide) groups is 2. The SMILES string of the molecule is Cc1nnc(SCC2=C(C(=O)O)N3C(=O)C(NC(=O)C(NC(=O)N=C(N)N)c4ccccc4)[C@@H]3SC2)o1. The Hall–Kier alpha value is -4.05. The molecule has 14 nitrogen and oxygen atoms in total. The summed E-state index contributed by atoms with van der Waals surface area (Å²) in [6.07, 6.45) is 0. The van der Waals surface area contributed by atoms with Crippen LogP contribution >= 0.6 is 23.5 Å². The van der Waals surface area contributed by atoms with Gasteiger partial charge in [0.25, 0.3) is 11.1 Å². The van der Waals surface area contributed by atoms with Gasteiger partial charge in [-0.2, -0.15) is 4.99 Å².